The molecule has 1 aromatic carbocycles. The van der Waals surface area contributed by atoms with Crippen molar-refractivity contribution in [1.82, 2.24) is 0 Å². The zero-order chi connectivity index (χ0) is 32.6. The van der Waals surface area contributed by atoms with Gasteiger partial charge in [-0.2, -0.15) is 5.26 Å². The highest BCUT2D eigenvalue weighted by Gasteiger charge is 2.44. The Morgan fingerprint density at radius 3 is 1.37 bits per heavy atom. The molecule has 0 amide bonds. The molecular weight excluding hydrogens is 562 g/mol. The van der Waals surface area contributed by atoms with Crippen LogP contribution in [0.2, 0.25) is 0 Å². The highest BCUT2D eigenvalue weighted by Crippen LogP contribution is 2.36. The summed E-state index contributed by atoms with van der Waals surface area (Å²) in [6.45, 7) is 13.9. The van der Waals surface area contributed by atoms with Crippen LogP contribution in [0.5, 0.6) is 0 Å². The molecular formula is C35H57NO6S. The molecule has 0 bridgehead atoms. The quantitative estimate of drug-likeness (QED) is 0.0943. The molecule has 0 aliphatic rings. The molecule has 0 aromatic heterocycles. The van der Waals surface area contributed by atoms with Crippen molar-refractivity contribution in [3.05, 3.63) is 29.8 Å². The number of sulfone groups is 1. The van der Waals surface area contributed by atoms with Crippen molar-refractivity contribution in [2.75, 3.05) is 13.2 Å². The second-order valence-electron chi connectivity index (χ2n) is 13.2. The van der Waals surface area contributed by atoms with Gasteiger partial charge in [0.2, 0.25) is 0 Å². The largest absolute Gasteiger partial charge is 0.466 e. The Labute approximate surface area is 262 Å². The zero-order valence-electron chi connectivity index (χ0n) is 27.9. The molecule has 0 spiro atoms. The molecule has 8 heteroatoms. The van der Waals surface area contributed by atoms with Gasteiger partial charge in [0.15, 0.2) is 14.6 Å². The van der Waals surface area contributed by atoms with Crippen molar-refractivity contribution in [3.63, 3.8) is 0 Å². The molecule has 0 N–H and O–H groups in total. The van der Waals surface area contributed by atoms with Crippen LogP contribution in [0.1, 0.15) is 137 Å². The number of nitriles is 1. The van der Waals surface area contributed by atoms with E-state index in [2.05, 4.69) is 6.07 Å². The van der Waals surface area contributed by atoms with Gasteiger partial charge in [0, 0.05) is 0 Å². The van der Waals surface area contributed by atoms with Crippen LogP contribution in [0, 0.1) is 29.1 Å². The molecule has 0 atom stereocenters. The fourth-order valence-electron chi connectivity index (χ4n) is 5.38. The number of carbonyl (C=O) groups excluding carboxylic acids is 2. The van der Waals surface area contributed by atoms with Gasteiger partial charge >= 0.3 is 11.9 Å². The number of hydrogen-bond acceptors (Lipinski definition) is 7. The van der Waals surface area contributed by atoms with Gasteiger partial charge in [0.05, 0.1) is 35.0 Å². The topological polar surface area (TPSA) is 111 Å². The molecule has 0 heterocycles. The molecule has 1 rings (SSSR count). The van der Waals surface area contributed by atoms with Crippen molar-refractivity contribution in [2.24, 2.45) is 10.8 Å². The molecule has 43 heavy (non-hydrogen) atoms. The van der Waals surface area contributed by atoms with E-state index < -0.39 is 25.4 Å². The molecule has 0 unspecified atom stereocenters. The van der Waals surface area contributed by atoms with E-state index in [1.165, 1.54) is 0 Å². The fraction of sp³-hybridized carbons (Fsp3) is 0.743. The van der Waals surface area contributed by atoms with Crippen molar-refractivity contribution in [1.29, 1.82) is 5.26 Å². The first-order valence-electron chi connectivity index (χ1n) is 16.3. The van der Waals surface area contributed by atoms with Gasteiger partial charge in [0.1, 0.15) is 0 Å². The lowest BCUT2D eigenvalue weighted by molar-refractivity contribution is -0.154. The summed E-state index contributed by atoms with van der Waals surface area (Å²) in [5.74, 6) is -0.341. The Balaban J connectivity index is 2.73. The Morgan fingerprint density at radius 2 is 1.02 bits per heavy atom. The minimum Gasteiger partial charge on any atom is -0.466 e. The van der Waals surface area contributed by atoms with Crippen molar-refractivity contribution in [2.45, 2.75) is 148 Å². The lowest BCUT2D eigenvalue weighted by Crippen LogP contribution is -2.37. The van der Waals surface area contributed by atoms with E-state index in [9.17, 15) is 23.3 Å². The first-order chi connectivity index (χ1) is 20.2. The third kappa shape index (κ3) is 12.3. The van der Waals surface area contributed by atoms with Gasteiger partial charge < -0.3 is 9.47 Å². The summed E-state index contributed by atoms with van der Waals surface area (Å²) in [4.78, 5) is 24.5. The molecule has 0 saturated carbocycles. The summed E-state index contributed by atoms with van der Waals surface area (Å²) in [6.07, 6.45) is 10.6. The van der Waals surface area contributed by atoms with Gasteiger partial charge in [-0.15, -0.1) is 0 Å². The molecule has 0 saturated heterocycles. The van der Waals surface area contributed by atoms with E-state index in [-0.39, 0.29) is 16.8 Å². The third-order valence-corrected chi connectivity index (χ3v) is 10.9. The molecule has 0 radical (unpaired) electrons. The van der Waals surface area contributed by atoms with Crippen molar-refractivity contribution >= 4 is 21.8 Å². The van der Waals surface area contributed by atoms with Gasteiger partial charge in [-0.1, -0.05) is 81.9 Å². The van der Waals surface area contributed by atoms with E-state index >= 15 is 0 Å². The van der Waals surface area contributed by atoms with Crippen LogP contribution in [-0.4, -0.2) is 38.3 Å². The highest BCUT2D eigenvalue weighted by molar-refractivity contribution is 7.93. The Morgan fingerprint density at radius 1 is 0.674 bits per heavy atom. The summed E-state index contributed by atoms with van der Waals surface area (Å²) in [5.41, 5.74) is -0.0464. The van der Waals surface area contributed by atoms with Crippen LogP contribution >= 0.6 is 0 Å². The second kappa shape index (κ2) is 18.4. The second-order valence-corrected chi connectivity index (χ2v) is 15.4. The average Bonchev–Trinajstić information content (AvgIpc) is 2.95. The standard InChI is InChI=1S/C35H57NO6S/c1-8-41-31(37)33(4,5)24-16-12-10-14-18-26-35(28-36,43(39,40)30-22-20-29(3)21-23-30)27-19-15-11-13-17-25-34(6,7)32(38)42-9-2/h20-23H,8-19,24-27H2,1-7H3. The Bertz CT molecular complexity index is 1090. The number of ether oxygens (including phenoxy) is 2. The summed E-state index contributed by atoms with van der Waals surface area (Å²) in [6, 6.07) is 9.07. The maximum absolute atomic E-state index is 13.9. The van der Waals surface area contributed by atoms with E-state index in [4.69, 9.17) is 9.47 Å². The van der Waals surface area contributed by atoms with Crippen LogP contribution in [0.25, 0.3) is 0 Å². The summed E-state index contributed by atoms with van der Waals surface area (Å²) in [5, 5.41) is 10.4. The minimum absolute atomic E-state index is 0.171. The normalized spacial score (nSPS) is 12.5. The zero-order valence-corrected chi connectivity index (χ0v) is 28.7. The molecule has 0 aliphatic heterocycles. The van der Waals surface area contributed by atoms with E-state index in [0.29, 0.717) is 38.9 Å². The van der Waals surface area contributed by atoms with Crippen molar-refractivity contribution in [3.8, 4) is 6.07 Å². The number of carbonyl (C=O) groups is 2. The lowest BCUT2D eigenvalue weighted by atomic mass is 9.86. The molecule has 0 fully saturated rings. The number of benzene rings is 1. The lowest BCUT2D eigenvalue weighted by Gasteiger charge is -2.27. The van der Waals surface area contributed by atoms with Crippen LogP contribution in [0.4, 0.5) is 0 Å². The van der Waals surface area contributed by atoms with Gasteiger partial charge in [-0.25, -0.2) is 8.42 Å². The van der Waals surface area contributed by atoms with E-state index in [1.807, 2.05) is 48.5 Å². The first-order valence-corrected chi connectivity index (χ1v) is 17.7. The number of esters is 2. The highest BCUT2D eigenvalue weighted by atomic mass is 32.2. The van der Waals surface area contributed by atoms with Gasteiger partial charge in [0.25, 0.3) is 0 Å². The maximum atomic E-state index is 13.9. The van der Waals surface area contributed by atoms with Crippen LogP contribution in [-0.2, 0) is 28.9 Å². The number of unbranched alkanes of at least 4 members (excludes halogenated alkanes) is 8. The number of aryl methyl sites for hydroxylation is 1. The van der Waals surface area contributed by atoms with Gasteiger partial charge in [-0.3, -0.25) is 9.59 Å². The average molecular weight is 620 g/mol. The summed E-state index contributed by atoms with van der Waals surface area (Å²) in [7, 11) is -3.86. The maximum Gasteiger partial charge on any atom is 0.311 e. The molecule has 244 valence electrons. The number of rotatable bonds is 22. The number of nitrogens with zero attached hydrogens (tertiary/aromatic N) is 1. The van der Waals surface area contributed by atoms with Gasteiger partial charge in [-0.05, 0) is 86.3 Å². The van der Waals surface area contributed by atoms with Crippen LogP contribution in [0.3, 0.4) is 0 Å². The predicted octanol–water partition coefficient (Wildman–Crippen LogP) is 8.67. The third-order valence-electron chi connectivity index (χ3n) is 8.47. The predicted molar refractivity (Wildman–Crippen MR) is 172 cm³/mol. The van der Waals surface area contributed by atoms with E-state index in [1.54, 1.807) is 24.3 Å². The Hall–Kier alpha value is -2.40. The molecule has 7 nitrogen and oxygen atoms in total. The smallest absolute Gasteiger partial charge is 0.311 e. The van der Waals surface area contributed by atoms with Crippen LogP contribution < -0.4 is 0 Å². The minimum atomic E-state index is -3.86. The first kappa shape index (κ1) is 38.6. The molecule has 0 aliphatic carbocycles. The molecule has 1 aromatic rings. The van der Waals surface area contributed by atoms with E-state index in [0.717, 1.165) is 69.8 Å². The van der Waals surface area contributed by atoms with Crippen LogP contribution in [0.15, 0.2) is 29.2 Å². The monoisotopic (exact) mass is 619 g/mol. The summed E-state index contributed by atoms with van der Waals surface area (Å²) < 4.78 is 36.6. The van der Waals surface area contributed by atoms with Crippen molar-refractivity contribution < 1.29 is 27.5 Å². The fourth-order valence-corrected chi connectivity index (χ4v) is 7.27. The SMILES string of the molecule is CCOC(=O)C(C)(C)CCCCCCCC(C#N)(CCCCCCCC(C)(C)C(=O)OCC)S(=O)(=O)c1ccc(C)cc1. The Kier molecular flexibility index (Phi) is 16.5. The number of hydrogen-bond donors (Lipinski definition) is 0. The summed E-state index contributed by atoms with van der Waals surface area (Å²) >= 11 is 0.